The Labute approximate surface area is 137 Å². The fraction of sp³-hybridized carbons (Fsp3) is 0.462. The SMILES string of the molecule is CC1NCCCC1NC(=O)c1cc(Br)cc([N+](=O)[O-])c1.Cl. The van der Waals surface area contributed by atoms with E-state index >= 15 is 0 Å². The number of rotatable bonds is 3. The van der Waals surface area contributed by atoms with Crippen LogP contribution in [0.15, 0.2) is 22.7 Å². The van der Waals surface area contributed by atoms with Crippen LogP contribution >= 0.6 is 28.3 Å². The molecule has 0 radical (unpaired) electrons. The van der Waals surface area contributed by atoms with Crippen molar-refractivity contribution in [3.05, 3.63) is 38.3 Å². The quantitative estimate of drug-likeness (QED) is 0.625. The normalized spacial score (nSPS) is 21.2. The van der Waals surface area contributed by atoms with Crippen molar-refractivity contribution in [3.63, 3.8) is 0 Å². The van der Waals surface area contributed by atoms with Crippen molar-refractivity contribution in [2.24, 2.45) is 0 Å². The van der Waals surface area contributed by atoms with Gasteiger partial charge in [-0.2, -0.15) is 0 Å². The summed E-state index contributed by atoms with van der Waals surface area (Å²) in [5, 5.41) is 17.0. The molecule has 1 saturated heterocycles. The molecule has 1 aliphatic heterocycles. The van der Waals surface area contributed by atoms with Crippen LogP contribution < -0.4 is 10.6 Å². The number of nitrogens with one attached hydrogen (secondary N) is 2. The lowest BCUT2D eigenvalue weighted by Crippen LogP contribution is -2.51. The van der Waals surface area contributed by atoms with Gasteiger partial charge in [0.25, 0.3) is 11.6 Å². The van der Waals surface area contributed by atoms with Crippen molar-refractivity contribution < 1.29 is 9.72 Å². The van der Waals surface area contributed by atoms with Crippen LogP contribution in [0.1, 0.15) is 30.1 Å². The Morgan fingerprint density at radius 3 is 2.81 bits per heavy atom. The zero-order chi connectivity index (χ0) is 14.7. The zero-order valence-electron chi connectivity index (χ0n) is 11.5. The van der Waals surface area contributed by atoms with Crippen LogP contribution in [0.5, 0.6) is 0 Å². The second-order valence-electron chi connectivity index (χ2n) is 4.92. The van der Waals surface area contributed by atoms with E-state index in [1.165, 1.54) is 12.1 Å². The molecule has 0 aliphatic carbocycles. The number of amides is 1. The third kappa shape index (κ3) is 4.66. The lowest BCUT2D eigenvalue weighted by molar-refractivity contribution is -0.385. The summed E-state index contributed by atoms with van der Waals surface area (Å²) in [6, 6.07) is 4.51. The van der Waals surface area contributed by atoms with Crippen LogP contribution in [-0.2, 0) is 0 Å². The Morgan fingerprint density at radius 2 is 2.19 bits per heavy atom. The molecule has 2 rings (SSSR count). The average molecular weight is 379 g/mol. The Morgan fingerprint density at radius 1 is 1.48 bits per heavy atom. The number of nitro benzene ring substituents is 1. The van der Waals surface area contributed by atoms with E-state index in [1.54, 1.807) is 6.07 Å². The first-order chi connectivity index (χ1) is 9.47. The molecule has 2 N–H and O–H groups in total. The number of carbonyl (C=O) groups is 1. The molecule has 0 aromatic heterocycles. The van der Waals surface area contributed by atoms with Gasteiger partial charge in [-0.1, -0.05) is 15.9 Å². The average Bonchev–Trinajstić information content (AvgIpc) is 2.40. The predicted molar refractivity (Wildman–Crippen MR) is 86.0 cm³/mol. The standard InChI is InChI=1S/C13H16BrN3O3.ClH/c1-8-12(3-2-4-15-8)16-13(18)9-5-10(14)7-11(6-9)17(19)20;/h5-8,12,15H,2-4H2,1H3,(H,16,18);1H. The molecule has 2 atom stereocenters. The molecular formula is C13H17BrClN3O3. The zero-order valence-corrected chi connectivity index (χ0v) is 13.9. The summed E-state index contributed by atoms with van der Waals surface area (Å²) in [5.41, 5.74) is 0.197. The van der Waals surface area contributed by atoms with Crippen molar-refractivity contribution in [3.8, 4) is 0 Å². The van der Waals surface area contributed by atoms with E-state index in [0.717, 1.165) is 19.4 Å². The van der Waals surface area contributed by atoms with Gasteiger partial charge in [-0.3, -0.25) is 14.9 Å². The van der Waals surface area contributed by atoms with E-state index in [4.69, 9.17) is 0 Å². The maximum atomic E-state index is 12.2. The Balaban J connectivity index is 0.00000220. The number of nitro groups is 1. The molecule has 1 aliphatic rings. The Kier molecular flexibility index (Phi) is 6.57. The smallest absolute Gasteiger partial charge is 0.271 e. The molecule has 1 aromatic carbocycles. The number of piperidine rings is 1. The largest absolute Gasteiger partial charge is 0.348 e. The van der Waals surface area contributed by atoms with Crippen LogP contribution in [0.25, 0.3) is 0 Å². The minimum atomic E-state index is -0.508. The number of non-ortho nitro benzene ring substituents is 1. The molecule has 21 heavy (non-hydrogen) atoms. The van der Waals surface area contributed by atoms with Gasteiger partial charge >= 0.3 is 0 Å². The van der Waals surface area contributed by atoms with Crippen LogP contribution in [0.4, 0.5) is 5.69 Å². The molecule has 1 heterocycles. The van der Waals surface area contributed by atoms with E-state index in [2.05, 4.69) is 26.6 Å². The molecule has 0 saturated carbocycles. The molecule has 1 fully saturated rings. The molecular weight excluding hydrogens is 362 g/mol. The molecule has 0 bridgehead atoms. The molecule has 1 amide bonds. The monoisotopic (exact) mass is 377 g/mol. The Bertz CT molecular complexity index is 541. The fourth-order valence-corrected chi connectivity index (χ4v) is 2.78. The first kappa shape index (κ1) is 17.9. The predicted octanol–water partition coefficient (Wildman–Crippen LogP) is 2.65. The van der Waals surface area contributed by atoms with Gasteiger partial charge in [0.2, 0.25) is 0 Å². The fourth-order valence-electron chi connectivity index (χ4n) is 2.30. The van der Waals surface area contributed by atoms with E-state index in [1.807, 2.05) is 6.92 Å². The summed E-state index contributed by atoms with van der Waals surface area (Å²) in [5.74, 6) is -0.282. The maximum absolute atomic E-state index is 12.2. The van der Waals surface area contributed by atoms with Crippen LogP contribution in [0.3, 0.4) is 0 Å². The summed E-state index contributed by atoms with van der Waals surface area (Å²) < 4.78 is 0.520. The maximum Gasteiger partial charge on any atom is 0.271 e. The number of halogens is 2. The second-order valence-corrected chi connectivity index (χ2v) is 5.84. The van der Waals surface area contributed by atoms with Crippen LogP contribution in [0, 0.1) is 10.1 Å². The highest BCUT2D eigenvalue weighted by molar-refractivity contribution is 9.10. The minimum absolute atomic E-state index is 0. The molecule has 6 nitrogen and oxygen atoms in total. The van der Waals surface area contributed by atoms with Gasteiger partial charge in [-0.15, -0.1) is 12.4 Å². The molecule has 8 heteroatoms. The summed E-state index contributed by atoms with van der Waals surface area (Å²) in [4.78, 5) is 22.5. The van der Waals surface area contributed by atoms with Gasteiger partial charge in [0.1, 0.15) is 0 Å². The van der Waals surface area contributed by atoms with Crippen LogP contribution in [0.2, 0.25) is 0 Å². The molecule has 1 aromatic rings. The van der Waals surface area contributed by atoms with Gasteiger partial charge in [-0.05, 0) is 32.4 Å². The molecule has 116 valence electrons. The Hall–Kier alpha value is -1.18. The lowest BCUT2D eigenvalue weighted by Gasteiger charge is -2.30. The highest BCUT2D eigenvalue weighted by Crippen LogP contribution is 2.21. The minimum Gasteiger partial charge on any atom is -0.348 e. The molecule has 0 spiro atoms. The van der Waals surface area contributed by atoms with E-state index in [9.17, 15) is 14.9 Å². The van der Waals surface area contributed by atoms with E-state index < -0.39 is 4.92 Å². The van der Waals surface area contributed by atoms with Crippen LogP contribution in [-0.4, -0.2) is 29.5 Å². The summed E-state index contributed by atoms with van der Waals surface area (Å²) >= 11 is 3.19. The molecule has 2 unspecified atom stereocenters. The van der Waals surface area contributed by atoms with Gasteiger partial charge in [0.05, 0.1) is 4.92 Å². The second kappa shape index (κ2) is 7.72. The number of hydrogen-bond acceptors (Lipinski definition) is 4. The van der Waals surface area contributed by atoms with Gasteiger partial charge in [0.15, 0.2) is 0 Å². The summed E-state index contributed by atoms with van der Waals surface area (Å²) in [6.07, 6.45) is 1.92. The number of carbonyl (C=O) groups excluding carboxylic acids is 1. The summed E-state index contributed by atoms with van der Waals surface area (Å²) in [6.45, 7) is 2.98. The summed E-state index contributed by atoms with van der Waals surface area (Å²) in [7, 11) is 0. The van der Waals surface area contributed by atoms with Crippen molar-refractivity contribution in [1.29, 1.82) is 0 Å². The van der Waals surface area contributed by atoms with E-state index in [0.29, 0.717) is 10.0 Å². The number of benzene rings is 1. The van der Waals surface area contributed by atoms with E-state index in [-0.39, 0.29) is 36.1 Å². The van der Waals surface area contributed by atoms with Gasteiger partial charge in [0, 0.05) is 34.3 Å². The highest BCUT2D eigenvalue weighted by atomic mass is 79.9. The van der Waals surface area contributed by atoms with Crippen molar-refractivity contribution in [2.45, 2.75) is 31.8 Å². The van der Waals surface area contributed by atoms with Gasteiger partial charge < -0.3 is 10.6 Å². The highest BCUT2D eigenvalue weighted by Gasteiger charge is 2.23. The topological polar surface area (TPSA) is 84.3 Å². The first-order valence-electron chi connectivity index (χ1n) is 6.46. The van der Waals surface area contributed by atoms with Crippen molar-refractivity contribution in [2.75, 3.05) is 6.54 Å². The lowest BCUT2D eigenvalue weighted by atomic mass is 9.99. The third-order valence-corrected chi connectivity index (χ3v) is 3.89. The number of nitrogens with zero attached hydrogens (tertiary/aromatic N) is 1. The van der Waals surface area contributed by atoms with Crippen molar-refractivity contribution in [1.82, 2.24) is 10.6 Å². The first-order valence-corrected chi connectivity index (χ1v) is 7.26. The van der Waals surface area contributed by atoms with Gasteiger partial charge in [-0.25, -0.2) is 0 Å². The van der Waals surface area contributed by atoms with Crippen molar-refractivity contribution >= 4 is 39.9 Å². The number of hydrogen-bond donors (Lipinski definition) is 2. The third-order valence-electron chi connectivity index (χ3n) is 3.43.